The number of aromatic nitrogens is 2. The molecule has 0 aliphatic carbocycles. The Kier molecular flexibility index (Phi) is 4.50. The van der Waals surface area contributed by atoms with Crippen molar-refractivity contribution in [2.45, 2.75) is 19.3 Å². The maximum atomic E-state index is 13.7. The Morgan fingerprint density at radius 2 is 1.96 bits per heavy atom. The van der Waals surface area contributed by atoms with E-state index < -0.39 is 5.97 Å². The molecule has 1 saturated heterocycles. The number of carbonyl (C=O) groups is 1. The average Bonchev–Trinajstić information content (AvgIpc) is 2.58. The van der Waals surface area contributed by atoms with Gasteiger partial charge in [0, 0.05) is 13.1 Å². The highest BCUT2D eigenvalue weighted by Gasteiger charge is 2.21. The van der Waals surface area contributed by atoms with Crippen molar-refractivity contribution in [3.05, 3.63) is 53.7 Å². The highest BCUT2D eigenvalue weighted by Crippen LogP contribution is 2.25. The molecule has 6 heteroatoms. The Morgan fingerprint density at radius 3 is 2.57 bits per heavy atom. The summed E-state index contributed by atoms with van der Waals surface area (Å²) in [5.41, 5.74) is 0.722. The number of benzene rings is 1. The van der Waals surface area contributed by atoms with Gasteiger partial charge in [0.2, 0.25) is 0 Å². The lowest BCUT2D eigenvalue weighted by Crippen LogP contribution is -2.35. The smallest absolute Gasteiger partial charge is 0.356 e. The molecule has 5 nitrogen and oxygen atoms in total. The molecular formula is C17H18FN3O2. The molecule has 2 aromatic rings. The third-order valence-electron chi connectivity index (χ3n) is 4.26. The molecule has 0 saturated carbocycles. The lowest BCUT2D eigenvalue weighted by atomic mass is 9.90. The number of nitrogens with zero attached hydrogens (tertiary/aromatic N) is 3. The molecule has 1 aliphatic heterocycles. The van der Waals surface area contributed by atoms with Gasteiger partial charge >= 0.3 is 5.97 Å². The van der Waals surface area contributed by atoms with Crippen LogP contribution in [0.2, 0.25) is 0 Å². The number of halogens is 1. The molecule has 1 aliphatic rings. The first-order chi connectivity index (χ1) is 11.1. The van der Waals surface area contributed by atoms with Gasteiger partial charge in [-0.25, -0.2) is 19.2 Å². The third kappa shape index (κ3) is 3.64. The van der Waals surface area contributed by atoms with Gasteiger partial charge in [-0.05, 0) is 36.8 Å². The summed E-state index contributed by atoms with van der Waals surface area (Å²) >= 11 is 0. The monoisotopic (exact) mass is 315 g/mol. The van der Waals surface area contributed by atoms with E-state index in [0.29, 0.717) is 11.7 Å². The van der Waals surface area contributed by atoms with Crippen molar-refractivity contribution in [2.24, 2.45) is 5.92 Å². The van der Waals surface area contributed by atoms with E-state index >= 15 is 0 Å². The molecule has 23 heavy (non-hydrogen) atoms. The van der Waals surface area contributed by atoms with Crippen LogP contribution in [0.15, 0.2) is 36.7 Å². The van der Waals surface area contributed by atoms with Crippen LogP contribution in [-0.4, -0.2) is 34.1 Å². The summed E-state index contributed by atoms with van der Waals surface area (Å²) in [6.45, 7) is 1.64. The fourth-order valence-corrected chi connectivity index (χ4v) is 2.94. The second-order valence-corrected chi connectivity index (χ2v) is 5.79. The van der Waals surface area contributed by atoms with Crippen molar-refractivity contribution < 1.29 is 14.3 Å². The highest BCUT2D eigenvalue weighted by molar-refractivity contribution is 5.84. The molecule has 0 radical (unpaired) electrons. The minimum atomic E-state index is -1.08. The highest BCUT2D eigenvalue weighted by atomic mass is 19.1. The molecular weight excluding hydrogens is 297 g/mol. The van der Waals surface area contributed by atoms with Crippen LogP contribution in [-0.2, 0) is 6.42 Å². The standard InChI is InChI=1S/C17H18FN3O2/c18-14-4-2-1-3-13(14)9-12-5-7-21(8-6-12)16-11-19-15(10-20-16)17(22)23/h1-4,10-12H,5-9H2,(H,22,23). The Hall–Kier alpha value is -2.50. The van der Waals surface area contributed by atoms with Crippen LogP contribution in [0.1, 0.15) is 28.9 Å². The van der Waals surface area contributed by atoms with Gasteiger partial charge in [-0.2, -0.15) is 0 Å². The lowest BCUT2D eigenvalue weighted by molar-refractivity contribution is 0.0690. The van der Waals surface area contributed by atoms with Crippen molar-refractivity contribution in [2.75, 3.05) is 18.0 Å². The summed E-state index contributed by atoms with van der Waals surface area (Å²) in [4.78, 5) is 20.9. The van der Waals surface area contributed by atoms with Gasteiger partial charge in [-0.3, -0.25) is 0 Å². The normalized spacial score (nSPS) is 15.6. The number of carboxylic acid groups (broad SMARTS) is 1. The fourth-order valence-electron chi connectivity index (χ4n) is 2.94. The minimum Gasteiger partial charge on any atom is -0.476 e. The molecule has 0 unspecified atom stereocenters. The van der Waals surface area contributed by atoms with Crippen LogP contribution >= 0.6 is 0 Å². The molecule has 2 heterocycles. The van der Waals surface area contributed by atoms with Gasteiger partial charge in [0.25, 0.3) is 0 Å². The molecule has 1 N–H and O–H groups in total. The second kappa shape index (κ2) is 6.73. The lowest BCUT2D eigenvalue weighted by Gasteiger charge is -2.32. The first kappa shape index (κ1) is 15.4. The van der Waals surface area contributed by atoms with E-state index in [9.17, 15) is 9.18 Å². The Labute approximate surface area is 133 Å². The maximum Gasteiger partial charge on any atom is 0.356 e. The quantitative estimate of drug-likeness (QED) is 0.940. The Morgan fingerprint density at radius 1 is 1.22 bits per heavy atom. The molecule has 0 bridgehead atoms. The SMILES string of the molecule is O=C(O)c1cnc(N2CCC(Cc3ccccc3F)CC2)cn1. The summed E-state index contributed by atoms with van der Waals surface area (Å²) in [7, 11) is 0. The molecule has 0 spiro atoms. The summed E-state index contributed by atoms with van der Waals surface area (Å²) in [6.07, 6.45) is 5.45. The van der Waals surface area contributed by atoms with E-state index in [1.165, 1.54) is 18.5 Å². The van der Waals surface area contributed by atoms with Crippen molar-refractivity contribution in [1.82, 2.24) is 9.97 Å². The fraction of sp³-hybridized carbons (Fsp3) is 0.353. The van der Waals surface area contributed by atoms with Gasteiger partial charge in [0.15, 0.2) is 5.69 Å². The summed E-state index contributed by atoms with van der Waals surface area (Å²) in [5.74, 6) is -0.0635. The molecule has 1 aromatic carbocycles. The van der Waals surface area contributed by atoms with Gasteiger partial charge in [-0.15, -0.1) is 0 Å². The number of aromatic carboxylic acids is 1. The summed E-state index contributed by atoms with van der Waals surface area (Å²) in [5, 5.41) is 8.84. The second-order valence-electron chi connectivity index (χ2n) is 5.79. The van der Waals surface area contributed by atoms with Crippen LogP contribution in [0.3, 0.4) is 0 Å². The minimum absolute atomic E-state index is 0.0526. The van der Waals surface area contributed by atoms with E-state index in [4.69, 9.17) is 5.11 Å². The third-order valence-corrected chi connectivity index (χ3v) is 4.26. The van der Waals surface area contributed by atoms with E-state index in [1.54, 1.807) is 6.07 Å². The molecule has 1 aromatic heterocycles. The first-order valence-electron chi connectivity index (χ1n) is 7.67. The van der Waals surface area contributed by atoms with Crippen molar-refractivity contribution >= 4 is 11.8 Å². The van der Waals surface area contributed by atoms with Crippen LogP contribution in [0.5, 0.6) is 0 Å². The molecule has 1 fully saturated rings. The summed E-state index contributed by atoms with van der Waals surface area (Å²) < 4.78 is 13.7. The predicted octanol–water partition coefficient (Wildman–Crippen LogP) is 2.77. The molecule has 120 valence electrons. The number of piperidine rings is 1. The van der Waals surface area contributed by atoms with Crippen molar-refractivity contribution in [3.8, 4) is 0 Å². The first-order valence-corrected chi connectivity index (χ1v) is 7.67. The van der Waals surface area contributed by atoms with E-state index in [1.807, 2.05) is 12.1 Å². The number of carboxylic acids is 1. The van der Waals surface area contributed by atoms with Gasteiger partial charge in [-0.1, -0.05) is 18.2 Å². The Bertz CT molecular complexity index is 682. The predicted molar refractivity (Wildman–Crippen MR) is 84.0 cm³/mol. The van der Waals surface area contributed by atoms with E-state index in [0.717, 1.165) is 37.9 Å². The van der Waals surface area contributed by atoms with Crippen LogP contribution in [0.4, 0.5) is 10.2 Å². The largest absolute Gasteiger partial charge is 0.476 e. The Balaban J connectivity index is 1.58. The average molecular weight is 315 g/mol. The van der Waals surface area contributed by atoms with Crippen molar-refractivity contribution in [1.29, 1.82) is 0 Å². The molecule has 3 rings (SSSR count). The maximum absolute atomic E-state index is 13.7. The van der Waals surface area contributed by atoms with Crippen LogP contribution in [0, 0.1) is 11.7 Å². The number of anilines is 1. The zero-order valence-electron chi connectivity index (χ0n) is 12.7. The van der Waals surface area contributed by atoms with Gasteiger partial charge in [0.1, 0.15) is 11.6 Å². The number of hydrogen-bond acceptors (Lipinski definition) is 4. The van der Waals surface area contributed by atoms with E-state index in [2.05, 4.69) is 14.9 Å². The van der Waals surface area contributed by atoms with Crippen molar-refractivity contribution in [3.63, 3.8) is 0 Å². The zero-order chi connectivity index (χ0) is 16.2. The van der Waals surface area contributed by atoms with Gasteiger partial charge in [0.05, 0.1) is 12.4 Å². The topological polar surface area (TPSA) is 66.3 Å². The number of hydrogen-bond donors (Lipinski definition) is 1. The zero-order valence-corrected chi connectivity index (χ0v) is 12.7. The van der Waals surface area contributed by atoms with E-state index in [-0.39, 0.29) is 11.5 Å². The van der Waals surface area contributed by atoms with Crippen LogP contribution in [0.25, 0.3) is 0 Å². The van der Waals surface area contributed by atoms with Crippen LogP contribution < -0.4 is 4.90 Å². The number of rotatable bonds is 4. The molecule has 0 atom stereocenters. The summed E-state index contributed by atoms with van der Waals surface area (Å²) in [6, 6.07) is 6.93. The van der Waals surface area contributed by atoms with Gasteiger partial charge < -0.3 is 10.0 Å². The molecule has 0 amide bonds.